The second-order valence-corrected chi connectivity index (χ2v) is 7.58. The fraction of sp³-hybridized carbons (Fsp3) is 0.250. The van der Waals surface area contributed by atoms with Crippen molar-refractivity contribution >= 4 is 29.3 Å². The van der Waals surface area contributed by atoms with Gasteiger partial charge in [0.1, 0.15) is 0 Å². The number of esters is 1. The molecule has 2 aliphatic rings. The number of imide groups is 1. The molecule has 0 bridgehead atoms. The number of Topliss-reactive ketones (excluding diaryl/α,β-unsaturated/α-hetero) is 1. The van der Waals surface area contributed by atoms with Crippen molar-refractivity contribution in [1.82, 2.24) is 0 Å². The lowest BCUT2D eigenvalue weighted by atomic mass is 9.78. The molecule has 30 heavy (non-hydrogen) atoms. The molecule has 1 aliphatic heterocycles. The number of rotatable bonds is 5. The molecular weight excluding hydrogens is 382 g/mol. The van der Waals surface area contributed by atoms with Crippen LogP contribution in [0.3, 0.4) is 0 Å². The van der Waals surface area contributed by atoms with E-state index in [2.05, 4.69) is 0 Å². The zero-order chi connectivity index (χ0) is 21.3. The van der Waals surface area contributed by atoms with E-state index in [0.717, 1.165) is 0 Å². The van der Waals surface area contributed by atoms with Crippen LogP contribution in [0.2, 0.25) is 0 Å². The minimum absolute atomic E-state index is 0.0154. The minimum atomic E-state index is -0.642. The zero-order valence-electron chi connectivity index (χ0n) is 16.5. The van der Waals surface area contributed by atoms with Gasteiger partial charge < -0.3 is 4.74 Å². The van der Waals surface area contributed by atoms with Crippen LogP contribution in [0.25, 0.3) is 0 Å². The SMILES string of the molecule is CC1C=CCC2C(=O)N(c3ccc(C(=O)OCC(=O)c4ccccc4)cc3)C(=O)C12. The summed E-state index contributed by atoms with van der Waals surface area (Å²) < 4.78 is 5.10. The van der Waals surface area contributed by atoms with Crippen LogP contribution in [-0.2, 0) is 14.3 Å². The van der Waals surface area contributed by atoms with E-state index >= 15 is 0 Å². The number of benzene rings is 2. The molecule has 1 saturated heterocycles. The summed E-state index contributed by atoms with van der Waals surface area (Å²) in [7, 11) is 0. The van der Waals surface area contributed by atoms with Gasteiger partial charge in [0, 0.05) is 5.56 Å². The Bertz CT molecular complexity index is 1030. The summed E-state index contributed by atoms with van der Waals surface area (Å²) >= 11 is 0. The molecule has 152 valence electrons. The Labute approximate surface area is 174 Å². The Hall–Kier alpha value is -3.54. The van der Waals surface area contributed by atoms with Gasteiger partial charge in [-0.3, -0.25) is 19.3 Å². The van der Waals surface area contributed by atoms with Crippen molar-refractivity contribution in [3.8, 4) is 0 Å². The van der Waals surface area contributed by atoms with E-state index in [4.69, 9.17) is 4.74 Å². The fourth-order valence-corrected chi connectivity index (χ4v) is 4.07. The minimum Gasteiger partial charge on any atom is -0.454 e. The van der Waals surface area contributed by atoms with E-state index in [0.29, 0.717) is 17.7 Å². The Morgan fingerprint density at radius 2 is 1.67 bits per heavy atom. The third-order valence-electron chi connectivity index (χ3n) is 5.66. The number of nitrogens with zero attached hydrogens (tertiary/aromatic N) is 1. The van der Waals surface area contributed by atoms with E-state index in [1.54, 1.807) is 42.5 Å². The van der Waals surface area contributed by atoms with Crippen LogP contribution in [0.4, 0.5) is 5.69 Å². The van der Waals surface area contributed by atoms with Crippen molar-refractivity contribution in [1.29, 1.82) is 0 Å². The number of fused-ring (bicyclic) bond motifs is 1. The summed E-state index contributed by atoms with van der Waals surface area (Å²) in [5.74, 6) is -1.99. The van der Waals surface area contributed by atoms with Crippen molar-refractivity contribution < 1.29 is 23.9 Å². The van der Waals surface area contributed by atoms with E-state index in [1.807, 2.05) is 19.1 Å². The molecule has 0 radical (unpaired) electrons. The van der Waals surface area contributed by atoms with Crippen LogP contribution in [0, 0.1) is 17.8 Å². The molecular formula is C24H21NO5. The number of hydrogen-bond acceptors (Lipinski definition) is 5. The molecule has 0 spiro atoms. The van der Waals surface area contributed by atoms with Gasteiger partial charge in [0.2, 0.25) is 11.8 Å². The summed E-state index contributed by atoms with van der Waals surface area (Å²) in [4.78, 5) is 51.1. The predicted octanol–water partition coefficient (Wildman–Crippen LogP) is 3.43. The van der Waals surface area contributed by atoms with Crippen molar-refractivity contribution in [2.75, 3.05) is 11.5 Å². The van der Waals surface area contributed by atoms with E-state index in [1.165, 1.54) is 17.0 Å². The quantitative estimate of drug-likeness (QED) is 0.331. The zero-order valence-corrected chi connectivity index (χ0v) is 16.5. The maximum atomic E-state index is 12.8. The van der Waals surface area contributed by atoms with Crippen molar-refractivity contribution in [2.24, 2.45) is 17.8 Å². The summed E-state index contributed by atoms with van der Waals surface area (Å²) in [5, 5.41) is 0. The Morgan fingerprint density at radius 1 is 0.967 bits per heavy atom. The van der Waals surface area contributed by atoms with Gasteiger partial charge in [-0.2, -0.15) is 0 Å². The number of ketones is 1. The Balaban J connectivity index is 1.43. The Morgan fingerprint density at radius 3 is 2.33 bits per heavy atom. The molecule has 1 heterocycles. The molecule has 2 amide bonds. The number of amides is 2. The molecule has 3 unspecified atom stereocenters. The molecule has 1 fully saturated rings. The molecule has 6 nitrogen and oxygen atoms in total. The fourth-order valence-electron chi connectivity index (χ4n) is 4.07. The van der Waals surface area contributed by atoms with Gasteiger partial charge in [-0.25, -0.2) is 4.79 Å². The van der Waals surface area contributed by atoms with E-state index < -0.39 is 5.97 Å². The number of hydrogen-bond donors (Lipinski definition) is 0. The van der Waals surface area contributed by atoms with E-state index in [-0.39, 0.29) is 47.5 Å². The first-order chi connectivity index (χ1) is 14.5. The standard InChI is InChI=1S/C24H21NO5/c1-15-6-5-9-19-21(15)23(28)25(22(19)27)18-12-10-17(11-13-18)24(29)30-14-20(26)16-7-3-2-4-8-16/h2-8,10-13,15,19,21H,9,14H2,1H3. The van der Waals surface area contributed by atoms with E-state index in [9.17, 15) is 19.2 Å². The highest BCUT2D eigenvalue weighted by Gasteiger charge is 2.50. The maximum absolute atomic E-state index is 12.8. The van der Waals surface area contributed by atoms with Gasteiger partial charge in [0.25, 0.3) is 0 Å². The topological polar surface area (TPSA) is 80.8 Å². The van der Waals surface area contributed by atoms with Gasteiger partial charge in [0.05, 0.1) is 23.1 Å². The number of ether oxygens (including phenoxy) is 1. The average molecular weight is 403 g/mol. The molecule has 0 saturated carbocycles. The summed E-state index contributed by atoms with van der Waals surface area (Å²) in [6.45, 7) is 1.58. The molecule has 2 aromatic carbocycles. The number of carbonyl (C=O) groups excluding carboxylic acids is 4. The summed E-state index contributed by atoms with van der Waals surface area (Å²) in [6.07, 6.45) is 4.50. The highest BCUT2D eigenvalue weighted by atomic mass is 16.5. The van der Waals surface area contributed by atoms with Gasteiger partial charge >= 0.3 is 5.97 Å². The van der Waals surface area contributed by atoms with Gasteiger partial charge in [-0.15, -0.1) is 0 Å². The molecule has 4 rings (SSSR count). The van der Waals surface area contributed by atoms with Crippen LogP contribution in [0.15, 0.2) is 66.7 Å². The lowest BCUT2D eigenvalue weighted by molar-refractivity contribution is -0.122. The molecule has 0 N–H and O–H groups in total. The monoisotopic (exact) mass is 403 g/mol. The molecule has 6 heteroatoms. The van der Waals surface area contributed by atoms with Gasteiger partial charge in [-0.05, 0) is 36.6 Å². The van der Waals surface area contributed by atoms with Gasteiger partial charge in [-0.1, -0.05) is 49.4 Å². The van der Waals surface area contributed by atoms with Crippen molar-refractivity contribution in [3.63, 3.8) is 0 Å². The first-order valence-electron chi connectivity index (χ1n) is 9.87. The van der Waals surface area contributed by atoms with Crippen molar-refractivity contribution in [3.05, 3.63) is 77.9 Å². The third kappa shape index (κ3) is 3.56. The number of anilines is 1. The van der Waals surface area contributed by atoms with Crippen molar-refractivity contribution in [2.45, 2.75) is 13.3 Å². The van der Waals surface area contributed by atoms with Crippen LogP contribution in [-0.4, -0.2) is 30.2 Å². The molecule has 2 aromatic rings. The first kappa shape index (κ1) is 19.8. The molecule has 3 atom stereocenters. The average Bonchev–Trinajstić information content (AvgIpc) is 3.03. The normalized spacial score (nSPS) is 22.7. The predicted molar refractivity (Wildman–Crippen MR) is 110 cm³/mol. The third-order valence-corrected chi connectivity index (χ3v) is 5.66. The summed E-state index contributed by atoms with van der Waals surface area (Å²) in [5.41, 5.74) is 1.14. The van der Waals surface area contributed by atoms with Crippen LogP contribution in [0.1, 0.15) is 34.1 Å². The highest BCUT2D eigenvalue weighted by molar-refractivity contribution is 6.22. The second kappa shape index (κ2) is 8.06. The van der Waals surface area contributed by atoms with Crippen LogP contribution < -0.4 is 4.90 Å². The second-order valence-electron chi connectivity index (χ2n) is 7.58. The molecule has 1 aliphatic carbocycles. The largest absolute Gasteiger partial charge is 0.454 e. The lowest BCUT2D eigenvalue weighted by Crippen LogP contribution is -2.31. The molecule has 0 aromatic heterocycles. The number of carbonyl (C=O) groups is 4. The number of allylic oxidation sites excluding steroid dienone is 2. The Kier molecular flexibility index (Phi) is 5.31. The highest BCUT2D eigenvalue weighted by Crippen LogP contribution is 2.40. The van der Waals surface area contributed by atoms with Crippen LogP contribution in [0.5, 0.6) is 0 Å². The van der Waals surface area contributed by atoms with Crippen LogP contribution >= 0.6 is 0 Å². The first-order valence-corrected chi connectivity index (χ1v) is 9.87. The maximum Gasteiger partial charge on any atom is 0.338 e. The lowest BCUT2D eigenvalue weighted by Gasteiger charge is -2.22. The summed E-state index contributed by atoms with van der Waals surface area (Å²) in [6, 6.07) is 14.7. The van der Waals surface area contributed by atoms with Gasteiger partial charge in [0.15, 0.2) is 12.4 Å². The smallest absolute Gasteiger partial charge is 0.338 e.